The fourth-order valence-corrected chi connectivity index (χ4v) is 5.27. The van der Waals surface area contributed by atoms with Crippen molar-refractivity contribution in [3.05, 3.63) is 136 Å². The fraction of sp³-hybridized carbons (Fsp3) is 0.0625. The minimum atomic E-state index is -0.500. The van der Waals surface area contributed by atoms with Gasteiger partial charge in [-0.3, -0.25) is 24.1 Å². The van der Waals surface area contributed by atoms with Gasteiger partial charge in [0.2, 0.25) is 0 Å². The average Bonchev–Trinajstić information content (AvgIpc) is 3.23. The van der Waals surface area contributed by atoms with Gasteiger partial charge in [0.15, 0.2) is 0 Å². The molecule has 2 N–H and O–H groups in total. The van der Waals surface area contributed by atoms with Crippen LogP contribution in [0.15, 0.2) is 114 Å². The predicted molar refractivity (Wildman–Crippen MR) is 161 cm³/mol. The van der Waals surface area contributed by atoms with Crippen LogP contribution in [0.5, 0.6) is 0 Å². The number of imide groups is 1. The lowest BCUT2D eigenvalue weighted by Gasteiger charge is -2.14. The van der Waals surface area contributed by atoms with Crippen LogP contribution >= 0.6 is 23.4 Å². The molecule has 0 spiro atoms. The van der Waals surface area contributed by atoms with E-state index in [-0.39, 0.29) is 24.1 Å². The Bertz CT molecular complexity index is 1620. The zero-order valence-corrected chi connectivity index (χ0v) is 23.2. The molecule has 4 aromatic rings. The number of halogens is 1. The molecule has 0 aromatic heterocycles. The van der Waals surface area contributed by atoms with Crippen LogP contribution in [0.2, 0.25) is 5.02 Å². The lowest BCUT2D eigenvalue weighted by Crippen LogP contribution is -2.31. The lowest BCUT2D eigenvalue weighted by molar-refractivity contribution is -0.113. The van der Waals surface area contributed by atoms with Crippen LogP contribution < -0.4 is 10.6 Å². The van der Waals surface area contributed by atoms with Crippen LogP contribution in [0, 0.1) is 0 Å². The third kappa shape index (κ3) is 6.74. The van der Waals surface area contributed by atoms with Crippen molar-refractivity contribution in [2.24, 2.45) is 0 Å². The van der Waals surface area contributed by atoms with E-state index in [1.807, 2.05) is 12.1 Å². The summed E-state index contributed by atoms with van der Waals surface area (Å²) in [6.07, 6.45) is 1.56. The van der Waals surface area contributed by atoms with Crippen LogP contribution in [0.1, 0.15) is 36.6 Å². The SMILES string of the molecule is O=C(Nc1ccc(SCCN2C(=O)c3ccccc3C2=O)cc1)/C(=C/c1cccc(Cl)c1)NC(=O)c1ccccc1. The molecule has 0 fully saturated rings. The van der Waals surface area contributed by atoms with Gasteiger partial charge in [-0.25, -0.2) is 0 Å². The summed E-state index contributed by atoms with van der Waals surface area (Å²) in [4.78, 5) is 53.3. The van der Waals surface area contributed by atoms with Crippen molar-refractivity contribution in [1.29, 1.82) is 0 Å². The van der Waals surface area contributed by atoms with Crippen molar-refractivity contribution in [3.8, 4) is 0 Å². The number of hydrogen-bond acceptors (Lipinski definition) is 5. The molecular weight excluding hydrogens is 558 g/mol. The van der Waals surface area contributed by atoms with E-state index in [0.29, 0.717) is 38.7 Å². The number of benzene rings is 4. The molecule has 0 unspecified atom stereocenters. The second-order valence-corrected chi connectivity index (χ2v) is 10.7. The quantitative estimate of drug-likeness (QED) is 0.141. The van der Waals surface area contributed by atoms with Gasteiger partial charge in [0, 0.05) is 33.5 Å². The average molecular weight is 582 g/mol. The highest BCUT2D eigenvalue weighted by atomic mass is 35.5. The fourth-order valence-electron chi connectivity index (χ4n) is 4.24. The largest absolute Gasteiger partial charge is 0.321 e. The number of anilines is 1. The summed E-state index contributed by atoms with van der Waals surface area (Å²) >= 11 is 7.60. The molecule has 7 nitrogen and oxygen atoms in total. The van der Waals surface area contributed by atoms with E-state index in [4.69, 9.17) is 11.6 Å². The van der Waals surface area contributed by atoms with E-state index in [0.717, 1.165) is 4.90 Å². The van der Waals surface area contributed by atoms with E-state index in [1.165, 1.54) is 16.7 Å². The first-order valence-electron chi connectivity index (χ1n) is 12.7. The summed E-state index contributed by atoms with van der Waals surface area (Å²) in [5.41, 5.74) is 2.53. The number of fused-ring (bicyclic) bond motifs is 1. The van der Waals surface area contributed by atoms with Gasteiger partial charge in [0.1, 0.15) is 5.70 Å². The maximum Gasteiger partial charge on any atom is 0.272 e. The molecular formula is C32H24ClN3O4S. The van der Waals surface area contributed by atoms with E-state index in [2.05, 4.69) is 10.6 Å². The Morgan fingerprint density at radius 2 is 1.46 bits per heavy atom. The van der Waals surface area contributed by atoms with Crippen molar-refractivity contribution in [1.82, 2.24) is 10.2 Å². The Balaban J connectivity index is 1.22. The number of thioether (sulfide) groups is 1. The van der Waals surface area contributed by atoms with Gasteiger partial charge in [0.25, 0.3) is 23.6 Å². The smallest absolute Gasteiger partial charge is 0.272 e. The van der Waals surface area contributed by atoms with E-state index in [9.17, 15) is 19.2 Å². The van der Waals surface area contributed by atoms with Crippen molar-refractivity contribution in [3.63, 3.8) is 0 Å². The number of carbonyl (C=O) groups excluding carboxylic acids is 4. The number of nitrogens with zero attached hydrogens (tertiary/aromatic N) is 1. The molecule has 9 heteroatoms. The van der Waals surface area contributed by atoms with Gasteiger partial charge in [-0.2, -0.15) is 0 Å². The van der Waals surface area contributed by atoms with Crippen LogP contribution in [0.25, 0.3) is 6.08 Å². The standard InChI is InChI=1S/C32H24ClN3O4S/c33-23-10-6-7-21(19-23)20-28(35-29(37)22-8-2-1-3-9-22)30(38)34-24-13-15-25(16-14-24)41-18-17-36-31(39)26-11-4-5-12-27(26)32(36)40/h1-16,19-20H,17-18H2,(H,34,38)(H,35,37)/b28-20-. The minimum Gasteiger partial charge on any atom is -0.321 e. The Morgan fingerprint density at radius 1 is 0.805 bits per heavy atom. The van der Waals surface area contributed by atoms with Gasteiger partial charge in [0.05, 0.1) is 11.1 Å². The molecule has 41 heavy (non-hydrogen) atoms. The second-order valence-electron chi connectivity index (χ2n) is 9.07. The lowest BCUT2D eigenvalue weighted by atomic mass is 10.1. The molecule has 4 aromatic carbocycles. The summed E-state index contributed by atoms with van der Waals surface area (Å²) in [5.74, 6) is -0.940. The van der Waals surface area contributed by atoms with Gasteiger partial charge in [-0.15, -0.1) is 11.8 Å². The Hall–Kier alpha value is -4.66. The van der Waals surface area contributed by atoms with Crippen molar-refractivity contribution >= 4 is 58.8 Å². The summed E-state index contributed by atoms with van der Waals surface area (Å²) in [6, 6.07) is 29.6. The molecule has 0 radical (unpaired) electrons. The zero-order valence-electron chi connectivity index (χ0n) is 21.7. The normalized spacial score (nSPS) is 12.7. The summed E-state index contributed by atoms with van der Waals surface area (Å²) in [7, 11) is 0. The van der Waals surface area contributed by atoms with E-state index in [1.54, 1.807) is 97.1 Å². The maximum absolute atomic E-state index is 13.2. The van der Waals surface area contributed by atoms with Crippen LogP contribution in [-0.4, -0.2) is 40.8 Å². The Kier molecular flexibility index (Phi) is 8.62. The third-order valence-corrected chi connectivity index (χ3v) is 7.49. The van der Waals surface area contributed by atoms with Gasteiger partial charge in [-0.05, 0) is 72.3 Å². The van der Waals surface area contributed by atoms with Crippen molar-refractivity contribution < 1.29 is 19.2 Å². The van der Waals surface area contributed by atoms with Gasteiger partial charge in [-0.1, -0.05) is 54.1 Å². The molecule has 1 aliphatic rings. The number of carbonyl (C=O) groups is 4. The molecule has 204 valence electrons. The minimum absolute atomic E-state index is 0.0560. The second kappa shape index (κ2) is 12.7. The monoisotopic (exact) mass is 581 g/mol. The highest BCUT2D eigenvalue weighted by Gasteiger charge is 2.34. The van der Waals surface area contributed by atoms with Crippen LogP contribution in [-0.2, 0) is 4.79 Å². The molecule has 5 rings (SSSR count). The summed E-state index contributed by atoms with van der Waals surface area (Å²) in [6.45, 7) is 0.286. The molecule has 1 heterocycles. The molecule has 4 amide bonds. The highest BCUT2D eigenvalue weighted by Crippen LogP contribution is 2.25. The molecule has 0 aliphatic carbocycles. The summed E-state index contributed by atoms with van der Waals surface area (Å²) in [5, 5.41) is 6.03. The summed E-state index contributed by atoms with van der Waals surface area (Å²) < 4.78 is 0. The van der Waals surface area contributed by atoms with Crippen molar-refractivity contribution in [2.75, 3.05) is 17.6 Å². The number of rotatable bonds is 9. The van der Waals surface area contributed by atoms with Gasteiger partial charge >= 0.3 is 0 Å². The number of amides is 4. The Labute approximate surface area is 246 Å². The van der Waals surface area contributed by atoms with E-state index >= 15 is 0 Å². The van der Waals surface area contributed by atoms with Gasteiger partial charge < -0.3 is 10.6 Å². The highest BCUT2D eigenvalue weighted by molar-refractivity contribution is 7.99. The molecule has 0 saturated carbocycles. The zero-order chi connectivity index (χ0) is 28.8. The molecule has 1 aliphatic heterocycles. The topological polar surface area (TPSA) is 95.6 Å². The predicted octanol–water partition coefficient (Wildman–Crippen LogP) is 6.14. The van der Waals surface area contributed by atoms with Crippen LogP contribution in [0.3, 0.4) is 0 Å². The number of hydrogen-bond donors (Lipinski definition) is 2. The first kappa shape index (κ1) is 27.9. The molecule has 0 atom stereocenters. The first-order valence-corrected chi connectivity index (χ1v) is 14.1. The van der Waals surface area contributed by atoms with E-state index < -0.39 is 11.8 Å². The molecule has 0 saturated heterocycles. The Morgan fingerprint density at radius 3 is 2.12 bits per heavy atom. The maximum atomic E-state index is 13.2. The number of nitrogens with one attached hydrogen (secondary N) is 2. The first-order chi connectivity index (χ1) is 19.9. The van der Waals surface area contributed by atoms with Crippen LogP contribution in [0.4, 0.5) is 5.69 Å². The third-order valence-electron chi connectivity index (χ3n) is 6.26. The molecule has 0 bridgehead atoms. The van der Waals surface area contributed by atoms with Crippen molar-refractivity contribution in [2.45, 2.75) is 4.90 Å².